The van der Waals surface area contributed by atoms with Crippen LogP contribution in [0.5, 0.6) is 0 Å². The maximum atomic E-state index is 10.8. The quantitative estimate of drug-likeness (QED) is 0.227. The summed E-state index contributed by atoms with van der Waals surface area (Å²) in [7, 11) is 0. The molecule has 0 aromatic heterocycles. The Balaban J connectivity index is -0.0000000765. The molecule has 0 amide bonds. The van der Waals surface area contributed by atoms with Crippen molar-refractivity contribution in [3.05, 3.63) is 0 Å². The van der Waals surface area contributed by atoms with Crippen LogP contribution in [0.15, 0.2) is 0 Å². The first-order chi connectivity index (χ1) is 11.4. The molecule has 0 aliphatic heterocycles. The highest BCUT2D eigenvalue weighted by molar-refractivity contribution is 6.21. The Labute approximate surface area is 157 Å². The van der Waals surface area contributed by atoms with Crippen LogP contribution in [0.3, 0.4) is 0 Å². The second-order valence-electron chi connectivity index (χ2n) is 3.23. The van der Waals surface area contributed by atoms with Gasteiger partial charge in [0.25, 0.3) is 5.63 Å². The first-order valence-corrected chi connectivity index (χ1v) is 6.57. The third-order valence-corrected chi connectivity index (χ3v) is 0.742. The Hall–Kier alpha value is -0.180. The molecule has 27 heavy (non-hydrogen) atoms. The van der Waals surface area contributed by atoms with Crippen molar-refractivity contribution in [3.63, 3.8) is 0 Å². The van der Waals surface area contributed by atoms with Gasteiger partial charge in [0.15, 0.2) is 0 Å². The average molecular weight is 510 g/mol. The Morgan fingerprint density at radius 1 is 0.630 bits per heavy atom. The minimum absolute atomic E-state index is 0.620. The summed E-state index contributed by atoms with van der Waals surface area (Å²) in [6.07, 6.45) is -16.6. The van der Waals surface area contributed by atoms with E-state index in [0.29, 0.717) is 6.92 Å². The molecule has 0 heterocycles. The number of hydrogen-bond acceptors (Lipinski definition) is 0. The molecule has 0 spiro atoms. The molecule has 18 heteroatoms. The minimum atomic E-state index is -5.33. The van der Waals surface area contributed by atoms with Crippen LogP contribution < -0.4 is 0 Å². The summed E-state index contributed by atoms with van der Waals surface area (Å²) in [6.45, 7) is 1.45. The van der Waals surface area contributed by atoms with Gasteiger partial charge >= 0.3 is 30.0 Å². The van der Waals surface area contributed by atoms with Crippen molar-refractivity contribution in [2.75, 3.05) is 0 Å². The molecule has 0 aliphatic rings. The maximum Gasteiger partial charge on any atom is 0.450 e. The van der Waals surface area contributed by atoms with E-state index in [1.165, 1.54) is 0 Å². The van der Waals surface area contributed by atoms with Crippen LogP contribution in [0, 0.1) is 0 Å². The van der Waals surface area contributed by atoms with Gasteiger partial charge in [-0.3, -0.25) is 0 Å². The van der Waals surface area contributed by atoms with Crippen molar-refractivity contribution in [2.45, 2.75) is 55.9 Å². The van der Waals surface area contributed by atoms with Gasteiger partial charge in [0.05, 0.1) is 0 Å². The molecular weight excluding hydrogens is 499 g/mol. The highest BCUT2D eigenvalue weighted by Gasteiger charge is 2.40. The summed E-state index contributed by atoms with van der Waals surface area (Å²) >= 11 is 12.1. The Bertz CT molecular complexity index is 259. The average Bonchev–Trinajstić information content (AvgIpc) is 2.22. The van der Waals surface area contributed by atoms with Crippen molar-refractivity contribution in [1.29, 1.82) is 0 Å². The van der Waals surface area contributed by atoms with E-state index in [0.717, 1.165) is 6.92 Å². The summed E-state index contributed by atoms with van der Waals surface area (Å²) in [4.78, 5) is 0. The van der Waals surface area contributed by atoms with Crippen molar-refractivity contribution in [3.8, 4) is 0 Å². The SMILES string of the molecule is CC(F)(F)Cl.CC(F)F.FC(Cl)C(F)(F)F.FC(F)C(F)(F)F.FC(F)Cl. The first kappa shape index (κ1) is 37.6. The predicted octanol–water partition coefficient (Wildman–Crippen LogP) is 8.45. The van der Waals surface area contributed by atoms with Crippen molar-refractivity contribution >= 4 is 34.8 Å². The lowest BCUT2D eigenvalue weighted by Crippen LogP contribution is -2.18. The molecule has 0 nitrogen and oxygen atoms in total. The number of hydrogen-bond donors (Lipinski definition) is 0. The highest BCUT2D eigenvalue weighted by Crippen LogP contribution is 2.25. The van der Waals surface area contributed by atoms with Crippen LogP contribution in [0.1, 0.15) is 13.8 Å². The van der Waals surface area contributed by atoms with Crippen LogP contribution in [-0.4, -0.2) is 42.1 Å². The van der Waals surface area contributed by atoms with E-state index in [1.807, 2.05) is 0 Å². The Morgan fingerprint density at radius 2 is 0.704 bits per heavy atom. The van der Waals surface area contributed by atoms with Crippen molar-refractivity contribution in [1.82, 2.24) is 0 Å². The molecule has 0 aromatic rings. The van der Waals surface area contributed by atoms with Gasteiger partial charge < -0.3 is 0 Å². The molecule has 1 atom stereocenters. The van der Waals surface area contributed by atoms with Gasteiger partial charge in [-0.15, -0.1) is 0 Å². The van der Waals surface area contributed by atoms with Crippen LogP contribution in [0.2, 0.25) is 0 Å². The molecule has 0 radical (unpaired) electrons. The van der Waals surface area contributed by atoms with Gasteiger partial charge in [-0.1, -0.05) is 23.2 Å². The van der Waals surface area contributed by atoms with Crippen LogP contribution in [0.4, 0.5) is 65.9 Å². The molecule has 0 saturated heterocycles. The second kappa shape index (κ2) is 17.9. The van der Waals surface area contributed by atoms with Gasteiger partial charge in [0, 0.05) is 6.92 Å². The minimum Gasteiger partial charge on any atom is -0.220 e. The lowest BCUT2D eigenvalue weighted by Gasteiger charge is -2.01. The largest absolute Gasteiger partial charge is 0.450 e. The zero-order chi connectivity index (χ0) is 23.8. The lowest BCUT2D eigenvalue weighted by atomic mass is 10.7. The zero-order valence-electron chi connectivity index (χ0n) is 12.6. The van der Waals surface area contributed by atoms with Gasteiger partial charge in [-0.05, 0) is 18.5 Å². The molecule has 172 valence electrons. The monoisotopic (exact) mass is 508 g/mol. The van der Waals surface area contributed by atoms with Gasteiger partial charge in [-0.2, -0.15) is 43.9 Å². The number of halogens is 18. The molecule has 0 aliphatic carbocycles. The summed E-state index contributed by atoms with van der Waals surface area (Å²) in [6, 6.07) is 0. The van der Waals surface area contributed by atoms with Crippen molar-refractivity contribution < 1.29 is 65.9 Å². The smallest absolute Gasteiger partial charge is 0.220 e. The predicted molar refractivity (Wildman–Crippen MR) is 68.9 cm³/mol. The molecular formula is C9H10Cl3F15. The first-order valence-electron chi connectivity index (χ1n) is 5.32. The number of alkyl halides is 18. The molecule has 0 N–H and O–H groups in total. The molecule has 0 bridgehead atoms. The van der Waals surface area contributed by atoms with E-state index >= 15 is 0 Å². The van der Waals surface area contributed by atoms with Crippen LogP contribution >= 0.6 is 34.8 Å². The third-order valence-electron chi connectivity index (χ3n) is 0.495. The standard InChI is InChI=1S/C2HClF4.C2H3ClF2.C2HF5.C2H4F2.CHClF2/c3-1(4)2(5,6)7;1-2(3,4)5;3-1(4)2(5,6)7;1-2(3)4;2-1(3)4/h1H;1H3;1H;2H,1H3;1H. The molecule has 0 saturated carbocycles. The topological polar surface area (TPSA) is 0 Å². The summed E-state index contributed by atoms with van der Waals surface area (Å²) in [5.74, 6) is -2.69. The maximum absolute atomic E-state index is 10.8. The summed E-state index contributed by atoms with van der Waals surface area (Å²) in [5, 5.41) is -3.03. The van der Waals surface area contributed by atoms with E-state index in [-0.39, 0.29) is 0 Å². The fourth-order valence-corrected chi connectivity index (χ4v) is 0. The van der Waals surface area contributed by atoms with E-state index < -0.39 is 42.1 Å². The molecule has 0 aromatic carbocycles. The summed E-state index contributed by atoms with van der Waals surface area (Å²) in [5.41, 5.74) is -3.23. The van der Waals surface area contributed by atoms with Crippen molar-refractivity contribution in [2.24, 2.45) is 0 Å². The zero-order valence-corrected chi connectivity index (χ0v) is 14.9. The van der Waals surface area contributed by atoms with Gasteiger partial charge in [0.1, 0.15) is 0 Å². The Morgan fingerprint density at radius 3 is 0.704 bits per heavy atom. The fourth-order valence-electron chi connectivity index (χ4n) is 0. The third kappa shape index (κ3) is 105. The normalized spacial score (nSPS) is 12.6. The summed E-state index contributed by atoms with van der Waals surface area (Å²) < 4.78 is 157. The van der Waals surface area contributed by atoms with Crippen LogP contribution in [-0.2, 0) is 0 Å². The molecule has 1 unspecified atom stereocenters. The fraction of sp³-hybridized carbons (Fsp3) is 1.00. The van der Waals surface area contributed by atoms with Gasteiger partial charge in [0.2, 0.25) is 6.43 Å². The lowest BCUT2D eigenvalue weighted by molar-refractivity contribution is -0.219. The van der Waals surface area contributed by atoms with E-state index in [9.17, 15) is 65.9 Å². The van der Waals surface area contributed by atoms with Crippen LogP contribution in [0.25, 0.3) is 0 Å². The van der Waals surface area contributed by atoms with E-state index in [4.69, 9.17) is 0 Å². The number of rotatable bonds is 0. The highest BCUT2D eigenvalue weighted by atomic mass is 35.5. The van der Waals surface area contributed by atoms with E-state index in [2.05, 4.69) is 34.8 Å². The van der Waals surface area contributed by atoms with E-state index in [1.54, 1.807) is 0 Å². The second-order valence-corrected chi connectivity index (χ2v) is 4.61. The van der Waals surface area contributed by atoms with Gasteiger partial charge in [-0.25, -0.2) is 22.0 Å². The Kier molecular flexibility index (Phi) is 24.9. The molecule has 0 rings (SSSR count). The molecule has 0 fully saturated rings.